The zero-order chi connectivity index (χ0) is 9.80. The Balaban J connectivity index is 2.24. The van der Waals surface area contributed by atoms with Gasteiger partial charge in [-0.3, -0.25) is 0 Å². The summed E-state index contributed by atoms with van der Waals surface area (Å²) in [5, 5.41) is 0. The van der Waals surface area contributed by atoms with Crippen molar-refractivity contribution in [1.82, 2.24) is 4.98 Å². The smallest absolute Gasteiger partial charge is 0.119 e. The van der Waals surface area contributed by atoms with E-state index in [9.17, 15) is 0 Å². The van der Waals surface area contributed by atoms with Gasteiger partial charge < -0.3 is 0 Å². The van der Waals surface area contributed by atoms with Gasteiger partial charge in [-0.15, -0.1) is 0 Å². The molecule has 70 valence electrons. The molecule has 1 aromatic carbocycles. The second kappa shape index (κ2) is 4.62. The highest BCUT2D eigenvalue weighted by molar-refractivity contribution is 9.10. The molecule has 0 unspecified atom stereocenters. The molecule has 0 fully saturated rings. The van der Waals surface area contributed by atoms with Gasteiger partial charge in [0.15, 0.2) is 0 Å². The first-order valence-electron chi connectivity index (χ1n) is 4.20. The van der Waals surface area contributed by atoms with Crippen molar-refractivity contribution >= 4 is 27.7 Å². The fraction of sp³-hybridized carbons (Fsp3) is 0. The van der Waals surface area contributed by atoms with Crippen LogP contribution in [-0.4, -0.2) is 4.98 Å². The maximum Gasteiger partial charge on any atom is 0.119 e. The van der Waals surface area contributed by atoms with Crippen molar-refractivity contribution in [3.05, 3.63) is 53.3 Å². The number of pyridine rings is 1. The fourth-order valence-corrected chi connectivity index (χ4v) is 2.39. The van der Waals surface area contributed by atoms with E-state index in [1.807, 2.05) is 24.3 Å². The third-order valence-corrected chi connectivity index (χ3v) is 3.65. The molecule has 1 aromatic heterocycles. The van der Waals surface area contributed by atoms with Crippen LogP contribution in [0.15, 0.2) is 63.1 Å². The van der Waals surface area contributed by atoms with Crippen LogP contribution in [0.1, 0.15) is 0 Å². The first kappa shape index (κ1) is 9.74. The second-order valence-electron chi connectivity index (χ2n) is 2.71. The topological polar surface area (TPSA) is 12.9 Å². The zero-order valence-corrected chi connectivity index (χ0v) is 9.75. The lowest BCUT2D eigenvalue weighted by molar-refractivity contribution is 1.18. The van der Waals surface area contributed by atoms with Crippen LogP contribution in [-0.2, 0) is 0 Å². The van der Waals surface area contributed by atoms with Crippen LogP contribution in [0, 0.1) is 0 Å². The average Bonchev–Trinajstić information content (AvgIpc) is 2.23. The summed E-state index contributed by atoms with van der Waals surface area (Å²) in [6.45, 7) is 0. The quantitative estimate of drug-likeness (QED) is 0.762. The molecule has 1 nitrogen and oxygen atoms in total. The summed E-state index contributed by atoms with van der Waals surface area (Å²) in [4.78, 5) is 6.53. The Bertz CT molecular complexity index is 417. The van der Waals surface area contributed by atoms with Gasteiger partial charge in [0, 0.05) is 16.0 Å². The third-order valence-electron chi connectivity index (χ3n) is 1.70. The Morgan fingerprint density at radius 3 is 2.50 bits per heavy atom. The van der Waals surface area contributed by atoms with Gasteiger partial charge in [-0.1, -0.05) is 30.0 Å². The molecule has 0 saturated carbocycles. The maximum absolute atomic E-state index is 4.17. The minimum absolute atomic E-state index is 0.897. The molecule has 14 heavy (non-hydrogen) atoms. The van der Waals surface area contributed by atoms with E-state index in [4.69, 9.17) is 0 Å². The van der Waals surface area contributed by atoms with Crippen LogP contribution >= 0.6 is 27.7 Å². The number of hydrogen-bond acceptors (Lipinski definition) is 2. The van der Waals surface area contributed by atoms with E-state index in [0.29, 0.717) is 0 Å². The number of hydrogen-bond donors (Lipinski definition) is 0. The van der Waals surface area contributed by atoms with Gasteiger partial charge in [0.2, 0.25) is 0 Å². The van der Waals surface area contributed by atoms with Gasteiger partial charge >= 0.3 is 0 Å². The van der Waals surface area contributed by atoms with Crippen molar-refractivity contribution in [2.75, 3.05) is 0 Å². The van der Waals surface area contributed by atoms with Gasteiger partial charge in [0.1, 0.15) is 4.60 Å². The molecule has 0 amide bonds. The third kappa shape index (κ3) is 2.36. The minimum atomic E-state index is 0.897. The molecule has 0 aliphatic heterocycles. The van der Waals surface area contributed by atoms with Crippen molar-refractivity contribution < 1.29 is 0 Å². The van der Waals surface area contributed by atoms with Crippen LogP contribution in [0.25, 0.3) is 0 Å². The molecule has 0 saturated heterocycles. The number of halogens is 1. The van der Waals surface area contributed by atoms with Gasteiger partial charge in [0.25, 0.3) is 0 Å². The van der Waals surface area contributed by atoms with Crippen molar-refractivity contribution in [2.24, 2.45) is 0 Å². The van der Waals surface area contributed by atoms with Crippen LogP contribution in [0.4, 0.5) is 0 Å². The van der Waals surface area contributed by atoms with Crippen molar-refractivity contribution in [3.8, 4) is 0 Å². The lowest BCUT2D eigenvalue weighted by atomic mass is 10.4. The molecule has 3 heteroatoms. The Morgan fingerprint density at radius 2 is 1.79 bits per heavy atom. The molecule has 2 aromatic rings. The van der Waals surface area contributed by atoms with E-state index >= 15 is 0 Å². The average molecular weight is 266 g/mol. The molecule has 0 radical (unpaired) electrons. The molecule has 1 heterocycles. The summed E-state index contributed by atoms with van der Waals surface area (Å²) in [5.74, 6) is 0. The summed E-state index contributed by atoms with van der Waals surface area (Å²) in [7, 11) is 0. The predicted molar refractivity (Wildman–Crippen MR) is 62.5 cm³/mol. The summed E-state index contributed by atoms with van der Waals surface area (Å²) in [6.07, 6.45) is 1.78. The van der Waals surface area contributed by atoms with Gasteiger partial charge in [-0.2, -0.15) is 0 Å². The molecule has 0 aliphatic rings. The molecule has 0 atom stereocenters. The van der Waals surface area contributed by atoms with Gasteiger partial charge in [-0.25, -0.2) is 4.98 Å². The van der Waals surface area contributed by atoms with E-state index in [-0.39, 0.29) is 0 Å². The second-order valence-corrected chi connectivity index (χ2v) is 4.57. The number of benzene rings is 1. The first-order chi connectivity index (χ1) is 6.86. The number of aromatic nitrogens is 1. The summed E-state index contributed by atoms with van der Waals surface area (Å²) in [6, 6.07) is 14.3. The SMILES string of the molecule is Brc1ncccc1Sc1ccccc1. The summed E-state index contributed by atoms with van der Waals surface area (Å²) < 4.78 is 0.897. The molecule has 0 N–H and O–H groups in total. The zero-order valence-electron chi connectivity index (χ0n) is 7.35. The van der Waals surface area contributed by atoms with Gasteiger partial charge in [0.05, 0.1) is 0 Å². The number of rotatable bonds is 2. The van der Waals surface area contributed by atoms with E-state index in [1.165, 1.54) is 4.90 Å². The molecular weight excluding hydrogens is 258 g/mol. The van der Waals surface area contributed by atoms with Crippen LogP contribution in [0.5, 0.6) is 0 Å². The van der Waals surface area contributed by atoms with Crippen molar-refractivity contribution in [3.63, 3.8) is 0 Å². The summed E-state index contributed by atoms with van der Waals surface area (Å²) in [5.41, 5.74) is 0. The molecule has 2 rings (SSSR count). The lowest BCUT2D eigenvalue weighted by Gasteiger charge is -2.02. The van der Waals surface area contributed by atoms with Crippen molar-refractivity contribution in [1.29, 1.82) is 0 Å². The van der Waals surface area contributed by atoms with Crippen LogP contribution in [0.3, 0.4) is 0 Å². The van der Waals surface area contributed by atoms with E-state index in [0.717, 1.165) is 9.50 Å². The van der Waals surface area contributed by atoms with Crippen molar-refractivity contribution in [2.45, 2.75) is 9.79 Å². The maximum atomic E-state index is 4.17. The predicted octanol–water partition coefficient (Wildman–Crippen LogP) is 4.00. The van der Waals surface area contributed by atoms with E-state index < -0.39 is 0 Å². The Kier molecular flexibility index (Phi) is 3.22. The highest BCUT2D eigenvalue weighted by atomic mass is 79.9. The van der Waals surface area contributed by atoms with E-state index in [1.54, 1.807) is 18.0 Å². The highest BCUT2D eigenvalue weighted by Gasteiger charge is 2.00. The fourth-order valence-electron chi connectivity index (χ4n) is 1.06. The molecule has 0 aliphatic carbocycles. The first-order valence-corrected chi connectivity index (χ1v) is 5.80. The number of nitrogens with zero attached hydrogens (tertiary/aromatic N) is 1. The molecule has 0 spiro atoms. The Hall–Kier alpha value is -0.800. The largest absolute Gasteiger partial charge is 0.248 e. The van der Waals surface area contributed by atoms with Gasteiger partial charge in [-0.05, 0) is 40.2 Å². The van der Waals surface area contributed by atoms with Crippen LogP contribution in [0.2, 0.25) is 0 Å². The molecular formula is C11H8BrNS. The standard InChI is InChI=1S/C11H8BrNS/c12-11-10(7-4-8-13-11)14-9-5-2-1-3-6-9/h1-8H. The Labute approximate surface area is 95.7 Å². The monoisotopic (exact) mass is 265 g/mol. The highest BCUT2D eigenvalue weighted by Crippen LogP contribution is 2.31. The molecule has 0 bridgehead atoms. The minimum Gasteiger partial charge on any atom is -0.248 e. The normalized spacial score (nSPS) is 10.1. The van der Waals surface area contributed by atoms with Crippen LogP contribution < -0.4 is 0 Å². The lowest BCUT2D eigenvalue weighted by Crippen LogP contribution is -1.78. The Morgan fingerprint density at radius 1 is 1.00 bits per heavy atom. The van der Waals surface area contributed by atoms with E-state index in [2.05, 4.69) is 39.1 Å². The summed E-state index contributed by atoms with van der Waals surface area (Å²) >= 11 is 5.13.